The Bertz CT molecular complexity index is 4790. The lowest BCUT2D eigenvalue weighted by Crippen LogP contribution is -2.61. The van der Waals surface area contributed by atoms with E-state index in [1.165, 1.54) is 133 Å². The molecule has 13 aromatic carbocycles. The van der Waals surface area contributed by atoms with Gasteiger partial charge in [-0.2, -0.15) is 0 Å². The van der Waals surface area contributed by atoms with Crippen LogP contribution in [0.1, 0.15) is 50.7 Å². The van der Waals surface area contributed by atoms with E-state index in [9.17, 15) is 0 Å². The predicted octanol–water partition coefficient (Wildman–Crippen LogP) is 21.6. The molecule has 430 valence electrons. The Balaban J connectivity index is 1.08. The minimum Gasteiger partial charge on any atom is -0.310 e. The van der Waals surface area contributed by atoms with Crippen LogP contribution in [0, 0.1) is 0 Å². The second-order valence-corrected chi connectivity index (χ2v) is 24.4. The Labute approximate surface area is 529 Å². The molecular formula is C86H68BN3. The van der Waals surface area contributed by atoms with Gasteiger partial charge >= 0.3 is 0 Å². The van der Waals surface area contributed by atoms with Crippen LogP contribution in [0.15, 0.2) is 303 Å². The van der Waals surface area contributed by atoms with E-state index in [0.29, 0.717) is 0 Å². The van der Waals surface area contributed by atoms with Crippen molar-refractivity contribution in [3.05, 3.63) is 314 Å². The fourth-order valence-corrected chi connectivity index (χ4v) is 14.7. The summed E-state index contributed by atoms with van der Waals surface area (Å²) in [5, 5.41) is 2.49. The molecule has 14 aromatic rings. The summed E-state index contributed by atoms with van der Waals surface area (Å²) in [7, 11) is 0. The number of anilines is 6. The van der Waals surface area contributed by atoms with Crippen molar-refractivity contribution in [2.45, 2.75) is 52.4 Å². The standard InChI is InChI=1S/C86H68BN3/c1-3-5-29-59-47-50-80-77(51-59)87-76-49-48-69(88-78-45-27-25-43-70(78)71-44-26-28-46-79(71)88)58-81(76)90(86-74(65-39-21-11-22-40-65)56-68(62-33-15-8-16-34-62)57-75(86)66-41-23-12-24-42-66)83-53-60(30-6-4-2)52-82(84(83)87)89(80)85-72(63-35-17-9-18-36-63)54-67(61-31-13-7-14-32-61)55-73(85)64-37-19-10-20-38-64/h7-28,31-58H,3-6,29-30H2,1-2H3. The van der Waals surface area contributed by atoms with E-state index in [4.69, 9.17) is 0 Å². The van der Waals surface area contributed by atoms with Crippen molar-refractivity contribution in [3.63, 3.8) is 0 Å². The molecule has 0 fully saturated rings. The van der Waals surface area contributed by atoms with Gasteiger partial charge in [-0.25, -0.2) is 0 Å². The molecule has 0 bridgehead atoms. The number of benzene rings is 13. The maximum atomic E-state index is 2.73. The summed E-state index contributed by atoms with van der Waals surface area (Å²) in [4.78, 5) is 5.45. The third-order valence-corrected chi connectivity index (χ3v) is 18.9. The van der Waals surface area contributed by atoms with Gasteiger partial charge in [0, 0.05) is 61.5 Å². The monoisotopic (exact) mass is 1150 g/mol. The van der Waals surface area contributed by atoms with Gasteiger partial charge in [-0.1, -0.05) is 263 Å². The largest absolute Gasteiger partial charge is 0.310 e. The smallest absolute Gasteiger partial charge is 0.252 e. The molecule has 0 aliphatic carbocycles. The van der Waals surface area contributed by atoms with Crippen LogP contribution in [0.5, 0.6) is 0 Å². The molecule has 1 aromatic heterocycles. The predicted molar refractivity (Wildman–Crippen MR) is 385 cm³/mol. The highest BCUT2D eigenvalue weighted by Crippen LogP contribution is 2.55. The molecule has 90 heavy (non-hydrogen) atoms. The molecule has 16 rings (SSSR count). The Morgan fingerprint density at radius 1 is 0.289 bits per heavy atom. The van der Waals surface area contributed by atoms with Gasteiger partial charge in [0.05, 0.1) is 22.4 Å². The van der Waals surface area contributed by atoms with Gasteiger partial charge in [-0.05, 0) is 164 Å². The van der Waals surface area contributed by atoms with Crippen LogP contribution < -0.4 is 26.2 Å². The van der Waals surface area contributed by atoms with Crippen molar-refractivity contribution in [1.82, 2.24) is 4.57 Å². The molecule has 0 radical (unpaired) electrons. The number of fused-ring (bicyclic) bond motifs is 7. The number of unbranched alkanes of at least 4 members (excludes halogenated alkanes) is 2. The first kappa shape index (κ1) is 54.7. The van der Waals surface area contributed by atoms with Crippen LogP contribution in [0.4, 0.5) is 34.1 Å². The molecule has 2 aliphatic heterocycles. The number of nitrogens with zero attached hydrogens (tertiary/aromatic N) is 3. The summed E-state index contributed by atoms with van der Waals surface area (Å²) in [6.07, 6.45) is 6.29. The topological polar surface area (TPSA) is 11.4 Å². The Hall–Kier alpha value is -10.7. The van der Waals surface area contributed by atoms with E-state index in [1.54, 1.807) is 0 Å². The highest BCUT2D eigenvalue weighted by Gasteiger charge is 2.46. The zero-order chi connectivity index (χ0) is 60.1. The maximum Gasteiger partial charge on any atom is 0.252 e. The van der Waals surface area contributed by atoms with E-state index in [0.717, 1.165) is 61.0 Å². The lowest BCUT2D eigenvalue weighted by molar-refractivity contribution is 0.795. The molecule has 4 heteroatoms. The zero-order valence-electron chi connectivity index (χ0n) is 51.0. The van der Waals surface area contributed by atoms with E-state index in [1.807, 2.05) is 0 Å². The number of para-hydroxylation sites is 2. The van der Waals surface area contributed by atoms with Crippen molar-refractivity contribution < 1.29 is 0 Å². The van der Waals surface area contributed by atoms with E-state index in [2.05, 4.69) is 332 Å². The van der Waals surface area contributed by atoms with Crippen molar-refractivity contribution >= 4 is 79.0 Å². The highest BCUT2D eigenvalue weighted by molar-refractivity contribution is 7.00. The first-order valence-electron chi connectivity index (χ1n) is 32.3. The molecule has 0 unspecified atom stereocenters. The Morgan fingerprint density at radius 2 is 0.678 bits per heavy atom. The van der Waals surface area contributed by atoms with Crippen LogP contribution in [0.2, 0.25) is 0 Å². The third kappa shape index (κ3) is 9.54. The van der Waals surface area contributed by atoms with Crippen molar-refractivity contribution in [2.75, 3.05) is 9.80 Å². The molecular weight excluding hydrogens is 1090 g/mol. The van der Waals surface area contributed by atoms with Gasteiger partial charge in [0.15, 0.2) is 0 Å². The first-order chi connectivity index (χ1) is 44.6. The molecule has 0 amide bonds. The Kier molecular flexibility index (Phi) is 14.3. The lowest BCUT2D eigenvalue weighted by atomic mass is 9.33. The van der Waals surface area contributed by atoms with Crippen LogP contribution >= 0.6 is 0 Å². The lowest BCUT2D eigenvalue weighted by Gasteiger charge is -2.46. The highest BCUT2D eigenvalue weighted by atomic mass is 15.2. The minimum atomic E-state index is -0.130. The zero-order valence-corrected chi connectivity index (χ0v) is 51.0. The van der Waals surface area contributed by atoms with Gasteiger partial charge in [0.25, 0.3) is 6.71 Å². The second-order valence-electron chi connectivity index (χ2n) is 24.4. The van der Waals surface area contributed by atoms with Crippen LogP contribution in [0.25, 0.3) is 94.3 Å². The molecule has 0 saturated carbocycles. The van der Waals surface area contributed by atoms with Crippen molar-refractivity contribution in [1.29, 1.82) is 0 Å². The van der Waals surface area contributed by atoms with Crippen LogP contribution in [0.3, 0.4) is 0 Å². The van der Waals surface area contributed by atoms with Gasteiger partial charge in [0.2, 0.25) is 0 Å². The third-order valence-electron chi connectivity index (χ3n) is 18.9. The first-order valence-corrected chi connectivity index (χ1v) is 32.3. The second kappa shape index (κ2) is 23.4. The molecule has 0 atom stereocenters. The normalized spacial score (nSPS) is 12.3. The van der Waals surface area contributed by atoms with E-state index >= 15 is 0 Å². The van der Waals surface area contributed by atoms with Gasteiger partial charge < -0.3 is 14.4 Å². The minimum absolute atomic E-state index is 0.130. The van der Waals surface area contributed by atoms with E-state index in [-0.39, 0.29) is 6.71 Å². The summed E-state index contributed by atoms with van der Waals surface area (Å²) in [5.74, 6) is 0. The van der Waals surface area contributed by atoms with Gasteiger partial charge in [-0.15, -0.1) is 0 Å². The number of rotatable bonds is 15. The number of hydrogen-bond donors (Lipinski definition) is 0. The fraction of sp³-hybridized carbons (Fsp3) is 0.0930. The quantitative estimate of drug-likeness (QED) is 0.0948. The average Bonchev–Trinajstić information content (AvgIpc) is 0.770. The fourth-order valence-electron chi connectivity index (χ4n) is 14.7. The van der Waals surface area contributed by atoms with Crippen molar-refractivity contribution in [2.24, 2.45) is 0 Å². The summed E-state index contributed by atoms with van der Waals surface area (Å²) in [5.41, 5.74) is 31.3. The van der Waals surface area contributed by atoms with Crippen LogP contribution in [-0.2, 0) is 12.8 Å². The molecule has 0 spiro atoms. The summed E-state index contributed by atoms with van der Waals surface area (Å²) >= 11 is 0. The maximum absolute atomic E-state index is 2.73. The summed E-state index contributed by atoms with van der Waals surface area (Å²) in [6.45, 7) is 4.51. The molecule has 2 aliphatic rings. The van der Waals surface area contributed by atoms with Crippen LogP contribution in [-0.4, -0.2) is 11.3 Å². The van der Waals surface area contributed by atoms with E-state index < -0.39 is 0 Å². The number of hydrogen-bond acceptors (Lipinski definition) is 2. The Morgan fingerprint density at radius 3 is 1.11 bits per heavy atom. The molecule has 3 nitrogen and oxygen atoms in total. The number of aromatic nitrogens is 1. The number of aryl methyl sites for hydroxylation is 2. The molecule has 0 saturated heterocycles. The average molecular weight is 1150 g/mol. The SMILES string of the molecule is CCCCc1ccc2c(c1)B1c3ccc(-n4c5ccccc5c5ccccc54)cc3N(c3c(-c4ccccc4)cc(-c4ccccc4)cc3-c3ccccc3)c3cc(CCCC)cc(c31)N2c1c(-c2ccccc2)cc(-c2ccccc2)cc1-c1ccccc1. The van der Waals surface area contributed by atoms with Crippen molar-refractivity contribution in [3.8, 4) is 72.4 Å². The van der Waals surface area contributed by atoms with Gasteiger partial charge in [-0.3, -0.25) is 0 Å². The summed E-state index contributed by atoms with van der Waals surface area (Å²) in [6, 6.07) is 114. The van der Waals surface area contributed by atoms with Gasteiger partial charge in [0.1, 0.15) is 0 Å². The molecule has 3 heterocycles. The molecule has 0 N–H and O–H groups in total. The summed E-state index contributed by atoms with van der Waals surface area (Å²) < 4.78 is 2.51.